The van der Waals surface area contributed by atoms with Crippen molar-refractivity contribution in [3.05, 3.63) is 100 Å². The number of carboxylic acid groups (broad SMARTS) is 1. The van der Waals surface area contributed by atoms with E-state index in [0.717, 1.165) is 32.6 Å². The average molecular weight is 543 g/mol. The molecule has 0 bridgehead atoms. The summed E-state index contributed by atoms with van der Waals surface area (Å²) in [5, 5.41) is 13.1. The van der Waals surface area contributed by atoms with Gasteiger partial charge >= 0.3 is 12.0 Å². The summed E-state index contributed by atoms with van der Waals surface area (Å²) in [5.41, 5.74) is 3.51. The van der Waals surface area contributed by atoms with Crippen LogP contribution in [0, 0.1) is 0 Å². The minimum absolute atomic E-state index is 0.0235. The molecule has 2 aliphatic heterocycles. The Hall–Kier alpha value is -4.63. The van der Waals surface area contributed by atoms with Crippen molar-refractivity contribution in [2.45, 2.75) is 31.5 Å². The van der Waals surface area contributed by atoms with E-state index in [0.29, 0.717) is 11.4 Å². The summed E-state index contributed by atoms with van der Waals surface area (Å²) in [6.07, 6.45) is 0.294. The summed E-state index contributed by atoms with van der Waals surface area (Å²) in [7, 11) is 0. The molecule has 196 valence electrons. The molecule has 1 fully saturated rings. The molecule has 0 saturated carbocycles. The second-order valence-corrected chi connectivity index (χ2v) is 10.1. The third-order valence-corrected chi connectivity index (χ3v) is 7.56. The summed E-state index contributed by atoms with van der Waals surface area (Å²) < 4.78 is 0. The van der Waals surface area contributed by atoms with Gasteiger partial charge in [-0.2, -0.15) is 0 Å². The fourth-order valence-electron chi connectivity index (χ4n) is 5.52. The number of carbonyl (C=O) groups excluding carboxylic acids is 3. The number of hydrogen-bond donors (Lipinski definition) is 3. The van der Waals surface area contributed by atoms with Crippen LogP contribution < -0.4 is 10.2 Å². The summed E-state index contributed by atoms with van der Waals surface area (Å²) in [6.45, 7) is 1.34. The number of imide groups is 1. The first-order valence-electron chi connectivity index (χ1n) is 12.4. The Bertz CT molecular complexity index is 1680. The molecule has 39 heavy (non-hydrogen) atoms. The third-order valence-electron chi connectivity index (χ3n) is 7.32. The topological polar surface area (TPSA) is 123 Å². The maximum absolute atomic E-state index is 14.1. The van der Waals surface area contributed by atoms with Gasteiger partial charge in [-0.05, 0) is 48.4 Å². The second-order valence-electron chi connectivity index (χ2n) is 9.65. The molecule has 0 spiro atoms. The molecule has 0 unspecified atom stereocenters. The number of benzene rings is 3. The van der Waals surface area contributed by atoms with Crippen molar-refractivity contribution in [1.82, 2.24) is 15.2 Å². The van der Waals surface area contributed by atoms with E-state index in [2.05, 4.69) is 10.3 Å². The molecule has 2 aliphatic rings. The smallest absolute Gasteiger partial charge is 0.332 e. The largest absolute Gasteiger partial charge is 0.480 e. The molecule has 0 aliphatic carbocycles. The quantitative estimate of drug-likeness (QED) is 0.320. The van der Waals surface area contributed by atoms with E-state index in [1.165, 1.54) is 19.1 Å². The van der Waals surface area contributed by atoms with Crippen molar-refractivity contribution in [3.8, 4) is 0 Å². The van der Waals surface area contributed by atoms with Crippen molar-refractivity contribution in [2.24, 2.45) is 0 Å². The summed E-state index contributed by atoms with van der Waals surface area (Å²) >= 11 is 6.34. The Balaban J connectivity index is 1.47. The molecular weight excluding hydrogens is 520 g/mol. The molecule has 1 aromatic heterocycles. The number of aliphatic carboxylic acids is 1. The number of aromatic nitrogens is 1. The summed E-state index contributed by atoms with van der Waals surface area (Å²) in [4.78, 5) is 58.4. The van der Waals surface area contributed by atoms with Crippen LogP contribution in [0.2, 0.25) is 5.02 Å². The van der Waals surface area contributed by atoms with Crippen molar-refractivity contribution < 1.29 is 24.3 Å². The molecule has 1 saturated heterocycles. The number of halogens is 1. The highest BCUT2D eigenvalue weighted by molar-refractivity contribution is 6.30. The molecule has 6 rings (SSSR count). The SMILES string of the molecule is C[C@H](NC(=O)c1ccccc1N1C(=O)[C@@H]2Cc3c([nH]c4ccccc34)[C@H](c3cccc(Cl)c3)N2C1=O)C(=O)O. The van der Waals surface area contributed by atoms with E-state index in [-0.39, 0.29) is 11.3 Å². The van der Waals surface area contributed by atoms with Crippen LogP contribution >= 0.6 is 11.6 Å². The Labute approximate surface area is 228 Å². The predicted octanol–water partition coefficient (Wildman–Crippen LogP) is 4.51. The number of carbonyl (C=O) groups is 4. The van der Waals surface area contributed by atoms with E-state index in [1.807, 2.05) is 30.3 Å². The number of anilines is 1. The number of carboxylic acids is 1. The van der Waals surface area contributed by atoms with Gasteiger partial charge in [-0.3, -0.25) is 19.3 Å². The molecule has 4 aromatic rings. The average Bonchev–Trinajstić information content (AvgIpc) is 3.41. The van der Waals surface area contributed by atoms with Gasteiger partial charge < -0.3 is 15.4 Å². The molecule has 3 heterocycles. The fraction of sp³-hybridized carbons (Fsp3) is 0.172. The summed E-state index contributed by atoms with van der Waals surface area (Å²) in [6, 6.07) is 18.0. The molecule has 4 amide bonds. The van der Waals surface area contributed by atoms with Gasteiger partial charge in [-0.25, -0.2) is 9.69 Å². The van der Waals surface area contributed by atoms with Gasteiger partial charge in [0.05, 0.1) is 11.3 Å². The zero-order chi connectivity index (χ0) is 27.4. The van der Waals surface area contributed by atoms with Gasteiger partial charge in [0, 0.05) is 28.0 Å². The molecule has 3 aromatic carbocycles. The van der Waals surface area contributed by atoms with Crippen LogP contribution in [0.4, 0.5) is 10.5 Å². The molecule has 3 N–H and O–H groups in total. The lowest BCUT2D eigenvalue weighted by Gasteiger charge is -2.36. The first kappa shape index (κ1) is 24.7. The lowest BCUT2D eigenvalue weighted by molar-refractivity contribution is -0.138. The predicted molar refractivity (Wildman–Crippen MR) is 145 cm³/mol. The fourth-order valence-corrected chi connectivity index (χ4v) is 5.71. The number of amides is 4. The number of nitrogens with one attached hydrogen (secondary N) is 2. The van der Waals surface area contributed by atoms with Gasteiger partial charge in [0.1, 0.15) is 18.1 Å². The van der Waals surface area contributed by atoms with E-state index in [1.54, 1.807) is 35.2 Å². The lowest BCUT2D eigenvalue weighted by atomic mass is 9.89. The first-order chi connectivity index (χ1) is 18.8. The van der Waals surface area contributed by atoms with Gasteiger partial charge in [-0.15, -0.1) is 0 Å². The second kappa shape index (κ2) is 9.28. The van der Waals surface area contributed by atoms with Crippen molar-refractivity contribution in [2.75, 3.05) is 4.90 Å². The van der Waals surface area contributed by atoms with Gasteiger partial charge in [0.2, 0.25) is 0 Å². The van der Waals surface area contributed by atoms with Crippen molar-refractivity contribution in [1.29, 1.82) is 0 Å². The number of urea groups is 1. The highest BCUT2D eigenvalue weighted by Crippen LogP contribution is 2.45. The Morgan fingerprint density at radius 3 is 2.56 bits per heavy atom. The highest BCUT2D eigenvalue weighted by Gasteiger charge is 2.53. The maximum Gasteiger partial charge on any atom is 0.332 e. The Kier molecular flexibility index (Phi) is 5.88. The highest BCUT2D eigenvalue weighted by atomic mass is 35.5. The Morgan fingerprint density at radius 2 is 1.79 bits per heavy atom. The van der Waals surface area contributed by atoms with Crippen LogP contribution in [0.5, 0.6) is 0 Å². The van der Waals surface area contributed by atoms with E-state index in [4.69, 9.17) is 11.6 Å². The number of hydrogen-bond acceptors (Lipinski definition) is 4. The lowest BCUT2D eigenvalue weighted by Crippen LogP contribution is -2.44. The van der Waals surface area contributed by atoms with Crippen LogP contribution in [0.15, 0.2) is 72.8 Å². The monoisotopic (exact) mass is 542 g/mol. The van der Waals surface area contributed by atoms with Crippen molar-refractivity contribution in [3.63, 3.8) is 0 Å². The minimum Gasteiger partial charge on any atom is -0.480 e. The van der Waals surface area contributed by atoms with E-state index in [9.17, 15) is 24.3 Å². The van der Waals surface area contributed by atoms with E-state index >= 15 is 0 Å². The standard InChI is InChI=1S/C29H23ClN4O5/c1-15(28(37)38)31-26(35)19-10-3-5-12-22(19)34-27(36)23-14-20-18-9-2-4-11-21(18)32-24(20)25(33(23)29(34)39)16-7-6-8-17(30)13-16/h2-13,15,23,25,32H,14H2,1H3,(H,31,35)(H,37,38)/t15-,23-,25-/m0/s1. The van der Waals surface area contributed by atoms with Crippen LogP contribution in [-0.4, -0.2) is 50.9 Å². The number of aromatic amines is 1. The number of rotatable bonds is 5. The molecule has 10 heteroatoms. The third kappa shape index (κ3) is 3.93. The molecule has 3 atom stereocenters. The molecular formula is C29H23ClN4O5. The zero-order valence-electron chi connectivity index (χ0n) is 20.7. The number of para-hydroxylation sites is 2. The van der Waals surface area contributed by atoms with Crippen LogP contribution in [0.1, 0.15) is 40.1 Å². The van der Waals surface area contributed by atoms with Crippen LogP contribution in [-0.2, 0) is 16.0 Å². The zero-order valence-corrected chi connectivity index (χ0v) is 21.5. The van der Waals surface area contributed by atoms with Crippen molar-refractivity contribution >= 4 is 52.0 Å². The molecule has 0 radical (unpaired) electrons. The normalized spacial score (nSPS) is 19.1. The maximum atomic E-state index is 14.1. The van der Waals surface area contributed by atoms with Gasteiger partial charge in [-0.1, -0.05) is 54.1 Å². The first-order valence-corrected chi connectivity index (χ1v) is 12.8. The minimum atomic E-state index is -1.20. The summed E-state index contributed by atoms with van der Waals surface area (Å²) in [5.74, 6) is -2.37. The van der Waals surface area contributed by atoms with E-state index < -0.39 is 41.9 Å². The van der Waals surface area contributed by atoms with Gasteiger partial charge in [0.15, 0.2) is 0 Å². The number of H-pyrrole nitrogens is 1. The Morgan fingerprint density at radius 1 is 1.05 bits per heavy atom. The number of nitrogens with zero attached hydrogens (tertiary/aromatic N) is 2. The van der Waals surface area contributed by atoms with Gasteiger partial charge in [0.25, 0.3) is 11.8 Å². The number of fused-ring (bicyclic) bond motifs is 4. The molecule has 9 nitrogen and oxygen atoms in total. The van der Waals surface area contributed by atoms with Crippen LogP contribution in [0.3, 0.4) is 0 Å². The van der Waals surface area contributed by atoms with Crippen LogP contribution in [0.25, 0.3) is 10.9 Å².